The highest BCUT2D eigenvalue weighted by molar-refractivity contribution is 6.01. The van der Waals surface area contributed by atoms with Gasteiger partial charge in [0.1, 0.15) is 5.82 Å². The van der Waals surface area contributed by atoms with Crippen LogP contribution in [0.15, 0.2) is 77.9 Å². The van der Waals surface area contributed by atoms with E-state index in [0.717, 1.165) is 34.6 Å². The maximum Gasteiger partial charge on any atom is 0.214 e. The van der Waals surface area contributed by atoms with Crippen molar-refractivity contribution in [3.8, 4) is 11.5 Å². The summed E-state index contributed by atoms with van der Waals surface area (Å²) in [5.41, 5.74) is 4.00. The smallest absolute Gasteiger partial charge is 0.214 e. The minimum absolute atomic E-state index is 0.0316. The summed E-state index contributed by atoms with van der Waals surface area (Å²) in [5, 5.41) is 6.89. The van der Waals surface area contributed by atoms with E-state index >= 15 is 0 Å². The van der Waals surface area contributed by atoms with Crippen LogP contribution in [0.25, 0.3) is 0 Å². The molecule has 0 spiro atoms. The minimum Gasteiger partial charge on any atom is -0.493 e. The van der Waals surface area contributed by atoms with E-state index in [4.69, 9.17) is 14.6 Å². The molecule has 2 aliphatic rings. The Morgan fingerprint density at radius 3 is 2.54 bits per heavy atom. The van der Waals surface area contributed by atoms with Crippen molar-refractivity contribution < 1.29 is 13.9 Å². The molecule has 2 aliphatic heterocycles. The Labute approximate surface area is 162 Å². The van der Waals surface area contributed by atoms with Crippen LogP contribution in [0, 0.1) is 5.82 Å². The lowest BCUT2D eigenvalue weighted by Gasteiger charge is -2.38. The van der Waals surface area contributed by atoms with Crippen molar-refractivity contribution >= 4 is 5.71 Å². The molecule has 28 heavy (non-hydrogen) atoms. The number of hydrogen-bond donors (Lipinski definition) is 0. The number of halogens is 1. The van der Waals surface area contributed by atoms with Crippen molar-refractivity contribution in [1.29, 1.82) is 0 Å². The van der Waals surface area contributed by atoms with Crippen LogP contribution in [-0.4, -0.2) is 17.8 Å². The normalized spacial score (nSPS) is 20.1. The van der Waals surface area contributed by atoms with Gasteiger partial charge in [0, 0.05) is 17.5 Å². The van der Waals surface area contributed by atoms with Gasteiger partial charge in [0.25, 0.3) is 0 Å². The molecule has 5 heteroatoms. The first-order valence-corrected chi connectivity index (χ1v) is 9.25. The van der Waals surface area contributed by atoms with Crippen LogP contribution < -0.4 is 9.47 Å². The molecule has 0 saturated carbocycles. The average molecular weight is 374 g/mol. The van der Waals surface area contributed by atoms with Crippen LogP contribution in [0.4, 0.5) is 4.39 Å². The van der Waals surface area contributed by atoms with Gasteiger partial charge in [-0.15, -0.1) is 0 Å². The van der Waals surface area contributed by atoms with Gasteiger partial charge >= 0.3 is 0 Å². The van der Waals surface area contributed by atoms with Gasteiger partial charge in [-0.3, -0.25) is 0 Å². The molecule has 0 aromatic heterocycles. The molecule has 0 unspecified atom stereocenters. The van der Waals surface area contributed by atoms with Gasteiger partial charge in [0.05, 0.1) is 18.9 Å². The summed E-state index contributed by atoms with van der Waals surface area (Å²) < 4.78 is 25.3. The molecule has 0 saturated heterocycles. The van der Waals surface area contributed by atoms with Gasteiger partial charge in [0.15, 0.2) is 11.5 Å². The summed E-state index contributed by atoms with van der Waals surface area (Å²) in [6, 6.07) is 22.5. The molecule has 0 bridgehead atoms. The highest BCUT2D eigenvalue weighted by atomic mass is 19.1. The van der Waals surface area contributed by atoms with E-state index in [1.807, 2.05) is 35.3 Å². The molecular formula is C23H19FN2O2. The van der Waals surface area contributed by atoms with Crippen molar-refractivity contribution in [3.63, 3.8) is 0 Å². The molecule has 4 nitrogen and oxygen atoms in total. The summed E-state index contributed by atoms with van der Waals surface area (Å²) in [7, 11) is 1.64. The number of benzene rings is 3. The van der Waals surface area contributed by atoms with Gasteiger partial charge in [0.2, 0.25) is 6.23 Å². The predicted molar refractivity (Wildman–Crippen MR) is 105 cm³/mol. The molecule has 0 N–H and O–H groups in total. The fourth-order valence-electron chi connectivity index (χ4n) is 3.90. The molecule has 0 radical (unpaired) electrons. The van der Waals surface area contributed by atoms with Crippen LogP contribution in [-0.2, 0) is 0 Å². The molecule has 3 aromatic rings. The Kier molecular flexibility index (Phi) is 4.01. The SMILES string of the molecule is COc1cccc2c1O[C@@H](c1ccc(F)cc1)N1N=C(c3ccccc3)C[C@@H]21. The Bertz CT molecular complexity index is 1030. The Morgan fingerprint density at radius 2 is 1.79 bits per heavy atom. The first kappa shape index (κ1) is 16.8. The number of rotatable bonds is 3. The first-order valence-electron chi connectivity index (χ1n) is 9.25. The van der Waals surface area contributed by atoms with E-state index in [9.17, 15) is 4.39 Å². The molecule has 140 valence electrons. The Balaban J connectivity index is 1.62. The molecule has 0 fully saturated rings. The fraction of sp³-hybridized carbons (Fsp3) is 0.174. The van der Waals surface area contributed by atoms with E-state index in [2.05, 4.69) is 18.2 Å². The van der Waals surface area contributed by atoms with Crippen molar-refractivity contribution in [2.75, 3.05) is 7.11 Å². The largest absolute Gasteiger partial charge is 0.493 e. The van der Waals surface area contributed by atoms with Crippen LogP contribution in [0.3, 0.4) is 0 Å². The number of methoxy groups -OCH3 is 1. The van der Waals surface area contributed by atoms with Gasteiger partial charge in [-0.2, -0.15) is 5.10 Å². The Hall–Kier alpha value is -3.34. The highest BCUT2D eigenvalue weighted by Gasteiger charge is 2.42. The van der Waals surface area contributed by atoms with Gasteiger partial charge in [-0.1, -0.05) is 54.6 Å². The number of hydrazone groups is 1. The summed E-state index contributed by atoms with van der Waals surface area (Å²) in [5.74, 6) is 1.14. The van der Waals surface area contributed by atoms with Crippen LogP contribution >= 0.6 is 0 Å². The second-order valence-corrected chi connectivity index (χ2v) is 6.91. The average Bonchev–Trinajstić information content (AvgIpc) is 3.20. The summed E-state index contributed by atoms with van der Waals surface area (Å²) in [6.45, 7) is 0. The number of ether oxygens (including phenoxy) is 2. The van der Waals surface area contributed by atoms with Crippen LogP contribution in [0.5, 0.6) is 11.5 Å². The number of hydrogen-bond acceptors (Lipinski definition) is 4. The molecule has 0 amide bonds. The first-order chi connectivity index (χ1) is 13.7. The summed E-state index contributed by atoms with van der Waals surface area (Å²) >= 11 is 0. The number of nitrogens with zero attached hydrogens (tertiary/aromatic N) is 2. The minimum atomic E-state index is -0.449. The maximum absolute atomic E-state index is 13.5. The molecule has 2 heterocycles. The van der Waals surface area contributed by atoms with E-state index in [-0.39, 0.29) is 11.9 Å². The van der Waals surface area contributed by atoms with Crippen molar-refractivity contribution in [1.82, 2.24) is 5.01 Å². The van der Waals surface area contributed by atoms with Crippen molar-refractivity contribution in [3.05, 3.63) is 95.3 Å². The lowest BCUT2D eigenvalue weighted by atomic mass is 9.95. The third-order valence-corrected chi connectivity index (χ3v) is 5.26. The van der Waals surface area contributed by atoms with E-state index < -0.39 is 6.23 Å². The van der Waals surface area contributed by atoms with Gasteiger partial charge in [-0.05, 0) is 23.8 Å². The zero-order valence-corrected chi connectivity index (χ0v) is 15.4. The molecule has 2 atom stereocenters. The van der Waals surface area contributed by atoms with Crippen molar-refractivity contribution in [2.45, 2.75) is 18.7 Å². The third-order valence-electron chi connectivity index (χ3n) is 5.26. The monoisotopic (exact) mass is 374 g/mol. The van der Waals surface area contributed by atoms with Crippen LogP contribution in [0.1, 0.15) is 35.4 Å². The van der Waals surface area contributed by atoms with Crippen molar-refractivity contribution in [2.24, 2.45) is 5.10 Å². The number of para-hydroxylation sites is 1. The lowest BCUT2D eigenvalue weighted by molar-refractivity contribution is -0.0209. The summed E-state index contributed by atoms with van der Waals surface area (Å²) in [6.07, 6.45) is 0.321. The second kappa shape index (κ2) is 6.68. The Morgan fingerprint density at radius 1 is 1.00 bits per heavy atom. The summed E-state index contributed by atoms with van der Waals surface area (Å²) in [4.78, 5) is 0. The standard InChI is InChI=1S/C23H19FN2O2/c1-27-21-9-5-8-18-20-14-19(15-6-3-2-4-7-15)25-26(20)23(28-22(18)21)16-10-12-17(24)13-11-16/h2-13,20,23H,14H2,1H3/t20-,23-/m0/s1. The topological polar surface area (TPSA) is 34.1 Å². The molecule has 3 aromatic carbocycles. The molecule has 5 rings (SSSR count). The van der Waals surface area contributed by atoms with Crippen LogP contribution in [0.2, 0.25) is 0 Å². The van der Waals surface area contributed by atoms with Gasteiger partial charge in [-0.25, -0.2) is 9.40 Å². The zero-order valence-electron chi connectivity index (χ0n) is 15.4. The zero-order chi connectivity index (χ0) is 19.1. The lowest BCUT2D eigenvalue weighted by Crippen LogP contribution is -2.33. The van der Waals surface area contributed by atoms with E-state index in [0.29, 0.717) is 5.75 Å². The third kappa shape index (κ3) is 2.71. The maximum atomic E-state index is 13.5. The van der Waals surface area contributed by atoms with E-state index in [1.54, 1.807) is 19.2 Å². The molecular weight excluding hydrogens is 355 g/mol. The van der Waals surface area contributed by atoms with Gasteiger partial charge < -0.3 is 9.47 Å². The van der Waals surface area contributed by atoms with E-state index in [1.165, 1.54) is 12.1 Å². The molecule has 0 aliphatic carbocycles. The fourth-order valence-corrected chi connectivity index (χ4v) is 3.90. The second-order valence-electron chi connectivity index (χ2n) is 6.91. The highest BCUT2D eigenvalue weighted by Crippen LogP contribution is 2.50. The predicted octanol–water partition coefficient (Wildman–Crippen LogP) is 5.08. The number of fused-ring (bicyclic) bond motifs is 3. The quantitative estimate of drug-likeness (QED) is 0.641.